The minimum Gasteiger partial charge on any atom is -0.493 e. The molecule has 0 aliphatic heterocycles. The van der Waals surface area contributed by atoms with Crippen molar-refractivity contribution in [1.82, 2.24) is 9.55 Å². The molecule has 0 bridgehead atoms. The SMILES string of the molecule is COc1ccccc1OC(=O)Cn1c(CSC)nc2ccccc21. The lowest BCUT2D eigenvalue weighted by Gasteiger charge is -2.11. The van der Waals surface area contributed by atoms with E-state index >= 15 is 0 Å². The van der Waals surface area contributed by atoms with Crippen LogP contribution < -0.4 is 9.47 Å². The quantitative estimate of drug-likeness (QED) is 0.507. The van der Waals surface area contributed by atoms with Crippen molar-refractivity contribution in [1.29, 1.82) is 0 Å². The summed E-state index contributed by atoms with van der Waals surface area (Å²) in [6, 6.07) is 14.9. The summed E-state index contributed by atoms with van der Waals surface area (Å²) in [5, 5.41) is 0. The molecule has 0 atom stereocenters. The van der Waals surface area contributed by atoms with Gasteiger partial charge in [-0.2, -0.15) is 11.8 Å². The first kappa shape index (κ1) is 16.4. The van der Waals surface area contributed by atoms with Crippen LogP contribution >= 0.6 is 11.8 Å². The van der Waals surface area contributed by atoms with Crippen LogP contribution in [0.4, 0.5) is 0 Å². The van der Waals surface area contributed by atoms with Gasteiger partial charge in [0.1, 0.15) is 12.4 Å². The van der Waals surface area contributed by atoms with Crippen LogP contribution in [0.1, 0.15) is 5.82 Å². The van der Waals surface area contributed by atoms with Crippen LogP contribution in [0.25, 0.3) is 11.0 Å². The lowest BCUT2D eigenvalue weighted by atomic mass is 10.3. The number of carbonyl (C=O) groups excluding carboxylic acids is 1. The summed E-state index contributed by atoms with van der Waals surface area (Å²) >= 11 is 1.67. The molecule has 3 aromatic rings. The summed E-state index contributed by atoms with van der Waals surface area (Å²) in [5.74, 6) is 2.19. The van der Waals surface area contributed by atoms with Gasteiger partial charge in [-0.3, -0.25) is 0 Å². The number of fused-ring (bicyclic) bond motifs is 1. The molecule has 0 fully saturated rings. The van der Waals surface area contributed by atoms with Crippen molar-refractivity contribution in [2.45, 2.75) is 12.3 Å². The van der Waals surface area contributed by atoms with Crippen molar-refractivity contribution in [3.05, 3.63) is 54.4 Å². The molecule has 6 heteroatoms. The molecule has 124 valence electrons. The molecule has 1 heterocycles. The number of hydrogen-bond acceptors (Lipinski definition) is 5. The van der Waals surface area contributed by atoms with Gasteiger partial charge in [0.05, 0.1) is 23.9 Å². The van der Waals surface area contributed by atoms with Crippen LogP contribution in [-0.4, -0.2) is 28.9 Å². The molecule has 2 aromatic carbocycles. The number of para-hydroxylation sites is 4. The fourth-order valence-electron chi connectivity index (χ4n) is 2.53. The number of carbonyl (C=O) groups is 1. The third-order valence-electron chi connectivity index (χ3n) is 3.59. The molecule has 0 aliphatic carbocycles. The summed E-state index contributed by atoms with van der Waals surface area (Å²) in [5.41, 5.74) is 1.81. The highest BCUT2D eigenvalue weighted by Crippen LogP contribution is 2.26. The van der Waals surface area contributed by atoms with E-state index in [0.29, 0.717) is 11.5 Å². The number of nitrogens with zero attached hydrogens (tertiary/aromatic N) is 2. The van der Waals surface area contributed by atoms with E-state index in [0.717, 1.165) is 22.6 Å². The first-order chi connectivity index (χ1) is 11.7. The summed E-state index contributed by atoms with van der Waals surface area (Å²) < 4.78 is 12.6. The van der Waals surface area contributed by atoms with Gasteiger partial charge >= 0.3 is 5.97 Å². The zero-order valence-corrected chi connectivity index (χ0v) is 14.4. The highest BCUT2D eigenvalue weighted by Gasteiger charge is 2.15. The average Bonchev–Trinajstić information content (AvgIpc) is 2.93. The van der Waals surface area contributed by atoms with Crippen molar-refractivity contribution in [2.75, 3.05) is 13.4 Å². The summed E-state index contributed by atoms with van der Waals surface area (Å²) in [4.78, 5) is 17.0. The smallest absolute Gasteiger partial charge is 0.331 e. The molecule has 0 saturated carbocycles. The lowest BCUT2D eigenvalue weighted by Crippen LogP contribution is -2.18. The molecular formula is C18H18N2O3S. The Hall–Kier alpha value is -2.47. The Morgan fingerprint density at radius 3 is 2.58 bits per heavy atom. The van der Waals surface area contributed by atoms with Gasteiger partial charge in [-0.25, -0.2) is 9.78 Å². The summed E-state index contributed by atoms with van der Waals surface area (Å²) in [6.45, 7) is 0.106. The standard InChI is InChI=1S/C18H18N2O3S/c1-22-15-9-5-6-10-16(15)23-18(21)11-20-14-8-4-3-7-13(14)19-17(20)12-24-2/h3-10H,11-12H2,1-2H3. The Morgan fingerprint density at radius 1 is 1.12 bits per heavy atom. The van der Waals surface area contributed by atoms with Crippen molar-refractivity contribution >= 4 is 28.8 Å². The van der Waals surface area contributed by atoms with E-state index in [1.807, 2.05) is 41.2 Å². The van der Waals surface area contributed by atoms with Gasteiger partial charge in [0.15, 0.2) is 11.5 Å². The molecule has 24 heavy (non-hydrogen) atoms. The van der Waals surface area contributed by atoms with Gasteiger partial charge < -0.3 is 14.0 Å². The maximum atomic E-state index is 12.4. The van der Waals surface area contributed by atoms with Crippen LogP contribution in [0.3, 0.4) is 0 Å². The average molecular weight is 342 g/mol. The zero-order valence-electron chi connectivity index (χ0n) is 13.6. The van der Waals surface area contributed by atoms with Crippen molar-refractivity contribution in [3.63, 3.8) is 0 Å². The van der Waals surface area contributed by atoms with Gasteiger partial charge in [0.2, 0.25) is 0 Å². The van der Waals surface area contributed by atoms with E-state index in [1.165, 1.54) is 0 Å². The number of rotatable bonds is 6. The van der Waals surface area contributed by atoms with Crippen LogP contribution in [0.2, 0.25) is 0 Å². The number of methoxy groups -OCH3 is 1. The number of esters is 1. The number of hydrogen-bond donors (Lipinski definition) is 0. The minimum absolute atomic E-state index is 0.106. The highest BCUT2D eigenvalue weighted by atomic mass is 32.2. The van der Waals surface area contributed by atoms with Crippen molar-refractivity contribution in [2.24, 2.45) is 0 Å². The fourth-order valence-corrected chi connectivity index (χ4v) is 3.01. The molecule has 0 aliphatic rings. The second kappa shape index (κ2) is 7.40. The van der Waals surface area contributed by atoms with Gasteiger partial charge in [-0.05, 0) is 30.5 Å². The molecule has 0 amide bonds. The topological polar surface area (TPSA) is 53.4 Å². The largest absolute Gasteiger partial charge is 0.493 e. The molecule has 3 rings (SSSR count). The zero-order chi connectivity index (χ0) is 16.9. The number of thioether (sulfide) groups is 1. The first-order valence-corrected chi connectivity index (χ1v) is 8.89. The van der Waals surface area contributed by atoms with Gasteiger partial charge in [-0.15, -0.1) is 0 Å². The monoisotopic (exact) mass is 342 g/mol. The lowest BCUT2D eigenvalue weighted by molar-refractivity contribution is -0.135. The predicted molar refractivity (Wildman–Crippen MR) is 95.6 cm³/mol. The van der Waals surface area contributed by atoms with Crippen LogP contribution in [-0.2, 0) is 17.1 Å². The third kappa shape index (κ3) is 3.38. The Balaban J connectivity index is 1.86. The second-order valence-corrected chi connectivity index (χ2v) is 6.03. The van der Waals surface area contributed by atoms with Crippen LogP contribution in [0.15, 0.2) is 48.5 Å². The number of ether oxygens (including phenoxy) is 2. The normalized spacial score (nSPS) is 10.8. The maximum Gasteiger partial charge on any atom is 0.331 e. The number of benzene rings is 2. The summed E-state index contributed by atoms with van der Waals surface area (Å²) in [7, 11) is 1.55. The van der Waals surface area contributed by atoms with Crippen LogP contribution in [0.5, 0.6) is 11.5 Å². The Kier molecular flexibility index (Phi) is 5.05. The Bertz CT molecular complexity index is 860. The Labute approximate surface area is 144 Å². The molecule has 0 radical (unpaired) electrons. The van der Waals surface area contributed by atoms with Gasteiger partial charge in [0, 0.05) is 0 Å². The highest BCUT2D eigenvalue weighted by molar-refractivity contribution is 7.97. The van der Waals surface area contributed by atoms with E-state index in [-0.39, 0.29) is 12.5 Å². The van der Waals surface area contributed by atoms with E-state index in [2.05, 4.69) is 4.98 Å². The van der Waals surface area contributed by atoms with Gasteiger partial charge in [0.25, 0.3) is 0 Å². The molecule has 0 N–H and O–H groups in total. The Morgan fingerprint density at radius 2 is 1.83 bits per heavy atom. The molecule has 5 nitrogen and oxygen atoms in total. The van der Waals surface area contributed by atoms with E-state index in [9.17, 15) is 4.79 Å². The number of aromatic nitrogens is 2. The van der Waals surface area contributed by atoms with Crippen molar-refractivity contribution in [3.8, 4) is 11.5 Å². The predicted octanol–water partition coefficient (Wildman–Crippen LogP) is 3.51. The molecule has 0 spiro atoms. The van der Waals surface area contributed by atoms with E-state index < -0.39 is 0 Å². The fraction of sp³-hybridized carbons (Fsp3) is 0.222. The number of imidazole rings is 1. The minimum atomic E-state index is -0.356. The van der Waals surface area contributed by atoms with E-state index in [1.54, 1.807) is 37.1 Å². The first-order valence-electron chi connectivity index (χ1n) is 7.49. The molecule has 0 saturated heterocycles. The second-order valence-electron chi connectivity index (χ2n) is 5.16. The van der Waals surface area contributed by atoms with Gasteiger partial charge in [-0.1, -0.05) is 24.3 Å². The summed E-state index contributed by atoms with van der Waals surface area (Å²) in [6.07, 6.45) is 2.01. The third-order valence-corrected chi connectivity index (χ3v) is 4.13. The maximum absolute atomic E-state index is 12.4. The van der Waals surface area contributed by atoms with Crippen LogP contribution in [0, 0.1) is 0 Å². The molecule has 1 aromatic heterocycles. The molecule has 0 unspecified atom stereocenters. The molecular weight excluding hydrogens is 324 g/mol. The van der Waals surface area contributed by atoms with Crippen molar-refractivity contribution < 1.29 is 14.3 Å². The van der Waals surface area contributed by atoms with E-state index in [4.69, 9.17) is 9.47 Å².